The highest BCUT2D eigenvalue weighted by atomic mass is 79.9. The fraction of sp³-hybridized carbons (Fsp3) is 0. The average Bonchev–Trinajstić information content (AvgIpc) is 2.47. The molecular weight excluding hydrogens is 340 g/mol. The standard InChI is InChI=1S/C13H7BrN4O3/c14-12-6-8(3-4-16-12)13(19)17-11-2-1-10(18(20)21)5-9(11)7-15/h1-6H,(H,17,19). The van der Waals surface area contributed by atoms with Crippen LogP contribution < -0.4 is 5.32 Å². The number of benzene rings is 1. The molecule has 0 aliphatic rings. The van der Waals surface area contributed by atoms with Crippen LogP contribution in [0.3, 0.4) is 0 Å². The van der Waals surface area contributed by atoms with E-state index in [4.69, 9.17) is 5.26 Å². The number of carbonyl (C=O) groups excluding carboxylic acids is 1. The largest absolute Gasteiger partial charge is 0.321 e. The number of amides is 1. The Morgan fingerprint density at radius 2 is 2.14 bits per heavy atom. The zero-order valence-corrected chi connectivity index (χ0v) is 12.0. The molecule has 0 atom stereocenters. The summed E-state index contributed by atoms with van der Waals surface area (Å²) in [6.45, 7) is 0. The number of halogens is 1. The van der Waals surface area contributed by atoms with Crippen LogP contribution in [0.25, 0.3) is 0 Å². The second-order valence-corrected chi connectivity index (χ2v) is 4.73. The summed E-state index contributed by atoms with van der Waals surface area (Å²) in [6, 6.07) is 8.50. The van der Waals surface area contributed by atoms with Crippen molar-refractivity contribution in [3.05, 3.63) is 62.4 Å². The number of hydrogen-bond donors (Lipinski definition) is 1. The SMILES string of the molecule is N#Cc1cc([N+](=O)[O-])ccc1NC(=O)c1ccnc(Br)c1. The molecule has 104 valence electrons. The first-order valence-electron chi connectivity index (χ1n) is 5.62. The highest BCUT2D eigenvalue weighted by Crippen LogP contribution is 2.22. The molecule has 1 heterocycles. The topological polar surface area (TPSA) is 109 Å². The number of aromatic nitrogens is 1. The van der Waals surface area contributed by atoms with Crippen LogP contribution in [0.5, 0.6) is 0 Å². The lowest BCUT2D eigenvalue weighted by Crippen LogP contribution is -2.13. The van der Waals surface area contributed by atoms with E-state index in [9.17, 15) is 14.9 Å². The van der Waals surface area contributed by atoms with Gasteiger partial charge in [0, 0.05) is 23.9 Å². The second kappa shape index (κ2) is 6.11. The lowest BCUT2D eigenvalue weighted by atomic mass is 10.1. The van der Waals surface area contributed by atoms with Gasteiger partial charge in [0.15, 0.2) is 0 Å². The van der Waals surface area contributed by atoms with Crippen LogP contribution in [-0.2, 0) is 0 Å². The van der Waals surface area contributed by atoms with E-state index in [1.54, 1.807) is 0 Å². The number of non-ortho nitro benzene ring substituents is 1. The van der Waals surface area contributed by atoms with Crippen molar-refractivity contribution in [2.45, 2.75) is 0 Å². The predicted molar refractivity (Wildman–Crippen MR) is 77.7 cm³/mol. The van der Waals surface area contributed by atoms with E-state index < -0.39 is 10.8 Å². The van der Waals surface area contributed by atoms with Crippen molar-refractivity contribution in [1.82, 2.24) is 4.98 Å². The second-order valence-electron chi connectivity index (χ2n) is 3.92. The van der Waals surface area contributed by atoms with Gasteiger partial charge < -0.3 is 5.32 Å². The fourth-order valence-corrected chi connectivity index (χ4v) is 1.95. The Morgan fingerprint density at radius 3 is 2.76 bits per heavy atom. The number of nitrogens with zero attached hydrogens (tertiary/aromatic N) is 3. The molecule has 0 unspecified atom stereocenters. The van der Waals surface area contributed by atoms with Crippen LogP contribution in [0.1, 0.15) is 15.9 Å². The first kappa shape index (κ1) is 14.6. The molecule has 0 fully saturated rings. The van der Waals surface area contributed by atoms with E-state index in [1.807, 2.05) is 6.07 Å². The lowest BCUT2D eigenvalue weighted by Gasteiger charge is -2.07. The summed E-state index contributed by atoms with van der Waals surface area (Å²) in [5.74, 6) is -0.441. The predicted octanol–water partition coefficient (Wildman–Crippen LogP) is 2.88. The molecule has 2 rings (SSSR count). The van der Waals surface area contributed by atoms with Crippen molar-refractivity contribution in [2.75, 3.05) is 5.32 Å². The van der Waals surface area contributed by atoms with Gasteiger partial charge >= 0.3 is 0 Å². The summed E-state index contributed by atoms with van der Waals surface area (Å²) < 4.78 is 0.499. The Balaban J connectivity index is 2.29. The molecule has 0 saturated heterocycles. The third-order valence-electron chi connectivity index (χ3n) is 2.57. The summed E-state index contributed by atoms with van der Waals surface area (Å²) in [7, 11) is 0. The van der Waals surface area contributed by atoms with Gasteiger partial charge in [-0.3, -0.25) is 14.9 Å². The van der Waals surface area contributed by atoms with Crippen molar-refractivity contribution in [3.8, 4) is 6.07 Å². The van der Waals surface area contributed by atoms with Crippen LogP contribution in [0.2, 0.25) is 0 Å². The first-order valence-corrected chi connectivity index (χ1v) is 6.42. The molecule has 0 bridgehead atoms. The smallest absolute Gasteiger partial charge is 0.270 e. The normalized spacial score (nSPS) is 9.71. The van der Waals surface area contributed by atoms with E-state index >= 15 is 0 Å². The van der Waals surface area contributed by atoms with Gasteiger partial charge in [0.05, 0.1) is 16.2 Å². The highest BCUT2D eigenvalue weighted by Gasteiger charge is 2.13. The molecule has 1 N–H and O–H groups in total. The molecule has 1 amide bonds. The van der Waals surface area contributed by atoms with E-state index in [-0.39, 0.29) is 16.9 Å². The zero-order valence-electron chi connectivity index (χ0n) is 10.4. The maximum absolute atomic E-state index is 12.1. The van der Waals surface area contributed by atoms with Crippen LogP contribution in [0.4, 0.5) is 11.4 Å². The average molecular weight is 347 g/mol. The molecule has 0 aliphatic heterocycles. The number of anilines is 1. The van der Waals surface area contributed by atoms with Crippen molar-refractivity contribution in [2.24, 2.45) is 0 Å². The summed E-state index contributed by atoms with van der Waals surface area (Å²) in [4.78, 5) is 26.0. The first-order chi connectivity index (χ1) is 10.0. The molecule has 0 aliphatic carbocycles. The number of nitro benzene ring substituents is 1. The maximum atomic E-state index is 12.1. The van der Waals surface area contributed by atoms with Crippen LogP contribution in [0.15, 0.2) is 41.1 Å². The Labute approximate surface area is 127 Å². The molecule has 1 aromatic carbocycles. The van der Waals surface area contributed by atoms with Crippen molar-refractivity contribution in [3.63, 3.8) is 0 Å². The van der Waals surface area contributed by atoms with Gasteiger partial charge in [0.25, 0.3) is 11.6 Å². The van der Waals surface area contributed by atoms with E-state index in [0.717, 1.165) is 6.07 Å². The minimum Gasteiger partial charge on any atom is -0.321 e. The zero-order chi connectivity index (χ0) is 15.4. The molecule has 2 aromatic rings. The molecular formula is C13H7BrN4O3. The van der Waals surface area contributed by atoms with Crippen LogP contribution in [-0.4, -0.2) is 15.8 Å². The summed E-state index contributed by atoms with van der Waals surface area (Å²) in [5.41, 5.74) is 0.363. The maximum Gasteiger partial charge on any atom is 0.270 e. The fourth-order valence-electron chi connectivity index (χ4n) is 1.59. The monoisotopic (exact) mass is 346 g/mol. The Bertz CT molecular complexity index is 770. The molecule has 0 spiro atoms. The number of hydrogen-bond acceptors (Lipinski definition) is 5. The van der Waals surface area contributed by atoms with Gasteiger partial charge in [-0.2, -0.15) is 5.26 Å². The van der Waals surface area contributed by atoms with Gasteiger partial charge in [-0.1, -0.05) is 0 Å². The van der Waals surface area contributed by atoms with Crippen LogP contribution >= 0.6 is 15.9 Å². The number of nitrogens with one attached hydrogen (secondary N) is 1. The molecule has 8 heteroatoms. The third kappa shape index (κ3) is 3.40. The molecule has 0 radical (unpaired) electrons. The summed E-state index contributed by atoms with van der Waals surface area (Å²) in [5, 5.41) is 22.2. The summed E-state index contributed by atoms with van der Waals surface area (Å²) in [6.07, 6.45) is 1.46. The Kier molecular flexibility index (Phi) is 4.25. The lowest BCUT2D eigenvalue weighted by molar-refractivity contribution is -0.384. The van der Waals surface area contributed by atoms with Crippen molar-refractivity contribution < 1.29 is 9.72 Å². The number of rotatable bonds is 3. The third-order valence-corrected chi connectivity index (χ3v) is 3.01. The van der Waals surface area contributed by atoms with Gasteiger partial charge in [0.2, 0.25) is 0 Å². The van der Waals surface area contributed by atoms with E-state index in [2.05, 4.69) is 26.2 Å². The number of pyridine rings is 1. The van der Waals surface area contributed by atoms with Gasteiger partial charge in [0.1, 0.15) is 10.7 Å². The molecule has 0 saturated carbocycles. The van der Waals surface area contributed by atoms with E-state index in [0.29, 0.717) is 10.2 Å². The summed E-state index contributed by atoms with van der Waals surface area (Å²) >= 11 is 3.15. The molecule has 1 aromatic heterocycles. The minimum atomic E-state index is -0.605. The molecule has 7 nitrogen and oxygen atoms in total. The minimum absolute atomic E-state index is 0.0191. The van der Waals surface area contributed by atoms with E-state index in [1.165, 1.54) is 30.5 Å². The number of carbonyl (C=O) groups is 1. The van der Waals surface area contributed by atoms with Gasteiger partial charge in [-0.05, 0) is 34.1 Å². The Hall–Kier alpha value is -2.79. The number of nitro groups is 1. The quantitative estimate of drug-likeness (QED) is 0.522. The van der Waals surface area contributed by atoms with Crippen LogP contribution in [0, 0.1) is 21.4 Å². The molecule has 21 heavy (non-hydrogen) atoms. The van der Waals surface area contributed by atoms with Crippen molar-refractivity contribution in [1.29, 1.82) is 5.26 Å². The highest BCUT2D eigenvalue weighted by molar-refractivity contribution is 9.10. The Morgan fingerprint density at radius 1 is 1.38 bits per heavy atom. The van der Waals surface area contributed by atoms with Crippen molar-refractivity contribution >= 4 is 33.2 Å². The number of nitriles is 1. The van der Waals surface area contributed by atoms with Gasteiger partial charge in [-0.25, -0.2) is 4.98 Å². The van der Waals surface area contributed by atoms with Gasteiger partial charge in [-0.15, -0.1) is 0 Å².